The number of hydrogen-bond acceptors (Lipinski definition) is 4. The van der Waals surface area contributed by atoms with E-state index in [0.29, 0.717) is 5.58 Å². The van der Waals surface area contributed by atoms with Crippen molar-refractivity contribution in [3.05, 3.63) is 34.3 Å². The number of nitrogens with zero attached hydrogens (tertiary/aromatic N) is 1. The molecular formula is C14H18N2O3. The number of hydrogen-bond donors (Lipinski definition) is 2. The van der Waals surface area contributed by atoms with Gasteiger partial charge in [0.15, 0.2) is 5.58 Å². The monoisotopic (exact) mass is 262 g/mol. The zero-order chi connectivity index (χ0) is 13.4. The Balaban J connectivity index is 1.95. The first-order valence-corrected chi connectivity index (χ1v) is 6.65. The lowest BCUT2D eigenvalue weighted by Gasteiger charge is -2.27. The van der Waals surface area contributed by atoms with Crippen molar-refractivity contribution in [2.24, 2.45) is 13.0 Å². The Morgan fingerprint density at radius 3 is 2.89 bits per heavy atom. The predicted octanol–water partition coefficient (Wildman–Crippen LogP) is 1.16. The summed E-state index contributed by atoms with van der Waals surface area (Å²) < 4.78 is 6.56. The molecular weight excluding hydrogens is 244 g/mol. The summed E-state index contributed by atoms with van der Waals surface area (Å²) in [5, 5.41) is 13.7. The van der Waals surface area contributed by atoms with Crippen molar-refractivity contribution in [1.82, 2.24) is 9.88 Å². The summed E-state index contributed by atoms with van der Waals surface area (Å²) in [5.41, 5.74) is 2.15. The molecule has 1 aromatic carbocycles. The lowest BCUT2D eigenvalue weighted by molar-refractivity contribution is 0.0890. The van der Waals surface area contributed by atoms with E-state index >= 15 is 0 Å². The highest BCUT2D eigenvalue weighted by atomic mass is 16.4. The standard InChI is InChI=1S/C14H18N2O3/c1-16-11-8-10(2-3-12(11)19-14(16)18)13(17)9-4-6-15-7-5-9/h2-3,8-9,13,15,17H,4-7H2,1H3. The van der Waals surface area contributed by atoms with Crippen molar-refractivity contribution >= 4 is 11.1 Å². The van der Waals surface area contributed by atoms with Gasteiger partial charge in [-0.15, -0.1) is 0 Å². The third-order valence-corrected chi connectivity index (χ3v) is 3.99. The van der Waals surface area contributed by atoms with Crippen molar-refractivity contribution in [1.29, 1.82) is 0 Å². The van der Waals surface area contributed by atoms with E-state index in [1.165, 1.54) is 4.57 Å². The predicted molar refractivity (Wildman–Crippen MR) is 72.0 cm³/mol. The number of fused-ring (bicyclic) bond motifs is 1. The molecule has 0 aliphatic carbocycles. The number of piperidine rings is 1. The van der Waals surface area contributed by atoms with Gasteiger partial charge in [-0.1, -0.05) is 6.07 Å². The Hall–Kier alpha value is -1.59. The molecule has 2 aromatic rings. The van der Waals surface area contributed by atoms with Crippen LogP contribution in [-0.2, 0) is 7.05 Å². The molecule has 0 radical (unpaired) electrons. The van der Waals surface area contributed by atoms with Crippen LogP contribution in [0.3, 0.4) is 0 Å². The lowest BCUT2D eigenvalue weighted by Crippen LogP contribution is -2.30. The van der Waals surface area contributed by atoms with E-state index in [4.69, 9.17) is 4.42 Å². The van der Waals surface area contributed by atoms with Crippen LogP contribution in [0.1, 0.15) is 24.5 Å². The highest BCUT2D eigenvalue weighted by molar-refractivity contribution is 5.73. The van der Waals surface area contributed by atoms with Crippen LogP contribution in [0.5, 0.6) is 0 Å². The van der Waals surface area contributed by atoms with Gasteiger partial charge in [0.2, 0.25) is 0 Å². The van der Waals surface area contributed by atoms with Gasteiger partial charge in [0.1, 0.15) is 0 Å². The fourth-order valence-corrected chi connectivity index (χ4v) is 2.76. The topological polar surface area (TPSA) is 67.4 Å². The molecule has 1 aliphatic rings. The maximum Gasteiger partial charge on any atom is 0.419 e. The summed E-state index contributed by atoms with van der Waals surface area (Å²) >= 11 is 0. The quantitative estimate of drug-likeness (QED) is 0.852. The smallest absolute Gasteiger partial charge is 0.408 e. The van der Waals surface area contributed by atoms with Gasteiger partial charge in [-0.2, -0.15) is 0 Å². The molecule has 3 rings (SSSR count). The number of aromatic nitrogens is 1. The highest BCUT2D eigenvalue weighted by Gasteiger charge is 2.23. The van der Waals surface area contributed by atoms with Crippen molar-refractivity contribution in [2.45, 2.75) is 18.9 Å². The van der Waals surface area contributed by atoms with Gasteiger partial charge in [0.05, 0.1) is 11.6 Å². The van der Waals surface area contributed by atoms with Gasteiger partial charge in [0.25, 0.3) is 0 Å². The highest BCUT2D eigenvalue weighted by Crippen LogP contribution is 2.30. The molecule has 5 heteroatoms. The van der Waals surface area contributed by atoms with Crippen LogP contribution in [0.25, 0.3) is 11.1 Å². The van der Waals surface area contributed by atoms with Crippen LogP contribution in [0.4, 0.5) is 0 Å². The Labute approximate surface area is 110 Å². The van der Waals surface area contributed by atoms with Crippen molar-refractivity contribution in [3.8, 4) is 0 Å². The average molecular weight is 262 g/mol. The summed E-state index contributed by atoms with van der Waals surface area (Å²) in [6.45, 7) is 1.91. The van der Waals surface area contributed by atoms with Crippen LogP contribution >= 0.6 is 0 Å². The zero-order valence-corrected chi connectivity index (χ0v) is 10.9. The van der Waals surface area contributed by atoms with Crippen LogP contribution in [0, 0.1) is 5.92 Å². The summed E-state index contributed by atoms with van der Waals surface area (Å²) in [6.07, 6.45) is 1.48. The van der Waals surface area contributed by atoms with Crippen LogP contribution in [0.15, 0.2) is 27.4 Å². The number of benzene rings is 1. The molecule has 1 fully saturated rings. The first-order valence-electron chi connectivity index (χ1n) is 6.65. The van der Waals surface area contributed by atoms with Gasteiger partial charge in [0, 0.05) is 7.05 Å². The molecule has 2 N–H and O–H groups in total. The molecule has 0 amide bonds. The minimum Gasteiger partial charge on any atom is -0.408 e. The fraction of sp³-hybridized carbons (Fsp3) is 0.500. The third-order valence-electron chi connectivity index (χ3n) is 3.99. The molecule has 0 saturated carbocycles. The first kappa shape index (κ1) is 12.4. The van der Waals surface area contributed by atoms with Crippen molar-refractivity contribution in [2.75, 3.05) is 13.1 Å². The Morgan fingerprint density at radius 1 is 1.42 bits per heavy atom. The molecule has 0 spiro atoms. The summed E-state index contributed by atoms with van der Waals surface area (Å²) in [4.78, 5) is 11.4. The molecule has 1 saturated heterocycles. The molecule has 1 aromatic heterocycles. The number of oxazole rings is 1. The second-order valence-corrected chi connectivity index (χ2v) is 5.19. The molecule has 19 heavy (non-hydrogen) atoms. The van der Waals surface area contributed by atoms with E-state index in [9.17, 15) is 9.90 Å². The fourth-order valence-electron chi connectivity index (χ4n) is 2.76. The number of aliphatic hydroxyl groups is 1. The second-order valence-electron chi connectivity index (χ2n) is 5.19. The Morgan fingerprint density at radius 2 is 2.16 bits per heavy atom. The van der Waals surface area contributed by atoms with Crippen molar-refractivity contribution in [3.63, 3.8) is 0 Å². The van der Waals surface area contributed by atoms with E-state index in [1.807, 2.05) is 12.1 Å². The molecule has 1 atom stereocenters. The van der Waals surface area contributed by atoms with E-state index < -0.39 is 6.10 Å². The maximum atomic E-state index is 11.4. The van der Waals surface area contributed by atoms with Gasteiger partial charge < -0.3 is 14.8 Å². The first-order chi connectivity index (χ1) is 9.16. The van der Waals surface area contributed by atoms with E-state index in [-0.39, 0.29) is 11.7 Å². The van der Waals surface area contributed by atoms with Gasteiger partial charge in [-0.25, -0.2) is 4.79 Å². The van der Waals surface area contributed by atoms with Gasteiger partial charge >= 0.3 is 5.76 Å². The molecule has 1 aliphatic heterocycles. The van der Waals surface area contributed by atoms with E-state index in [1.54, 1.807) is 13.1 Å². The molecule has 1 unspecified atom stereocenters. The molecule has 2 heterocycles. The molecule has 102 valence electrons. The van der Waals surface area contributed by atoms with Gasteiger partial charge in [-0.3, -0.25) is 4.57 Å². The lowest BCUT2D eigenvalue weighted by atomic mass is 9.88. The Bertz CT molecular complexity index is 638. The largest absolute Gasteiger partial charge is 0.419 e. The second kappa shape index (κ2) is 4.83. The maximum absolute atomic E-state index is 11.4. The third kappa shape index (κ3) is 2.19. The van der Waals surface area contributed by atoms with E-state index in [0.717, 1.165) is 37.0 Å². The minimum atomic E-state index is -0.475. The van der Waals surface area contributed by atoms with Gasteiger partial charge in [-0.05, 0) is 49.5 Å². The van der Waals surface area contributed by atoms with Crippen LogP contribution in [0.2, 0.25) is 0 Å². The SMILES string of the molecule is Cn1c(=O)oc2ccc(C(O)C3CCNCC3)cc21. The van der Waals surface area contributed by atoms with Crippen molar-refractivity contribution < 1.29 is 9.52 Å². The minimum absolute atomic E-state index is 0.280. The normalized spacial score (nSPS) is 18.8. The molecule has 5 nitrogen and oxygen atoms in total. The summed E-state index contributed by atoms with van der Waals surface area (Å²) in [6, 6.07) is 5.46. The number of aliphatic hydroxyl groups excluding tert-OH is 1. The summed E-state index contributed by atoms with van der Waals surface area (Å²) in [7, 11) is 1.68. The Kier molecular flexibility index (Phi) is 3.16. The summed E-state index contributed by atoms with van der Waals surface area (Å²) in [5.74, 6) is -0.0915. The van der Waals surface area contributed by atoms with E-state index in [2.05, 4.69) is 5.32 Å². The number of aryl methyl sites for hydroxylation is 1. The number of nitrogens with one attached hydrogen (secondary N) is 1. The van der Waals surface area contributed by atoms with Crippen LogP contribution in [-0.4, -0.2) is 22.8 Å². The molecule has 0 bridgehead atoms. The van der Waals surface area contributed by atoms with Crippen LogP contribution < -0.4 is 11.1 Å². The zero-order valence-electron chi connectivity index (χ0n) is 10.9. The average Bonchev–Trinajstić information content (AvgIpc) is 2.74. The number of rotatable bonds is 2.